The van der Waals surface area contributed by atoms with Crippen molar-refractivity contribution < 1.29 is 0 Å². The molecule has 1 aliphatic heterocycles. The summed E-state index contributed by atoms with van der Waals surface area (Å²) in [7, 11) is 0. The number of hydrogen-bond donors (Lipinski definition) is 4. The Kier molecular flexibility index (Phi) is 5.50. The van der Waals surface area contributed by atoms with Crippen LogP contribution in [0, 0.1) is 0 Å². The van der Waals surface area contributed by atoms with Gasteiger partial charge in [0.25, 0.3) is 0 Å². The number of hydrogen-bond acceptors (Lipinski definition) is 4. The summed E-state index contributed by atoms with van der Waals surface area (Å²) in [6, 6.07) is 20.8. The molecule has 2 heterocycles. The Bertz CT molecular complexity index is 1290. The van der Waals surface area contributed by atoms with E-state index in [1.165, 1.54) is 5.56 Å². The van der Waals surface area contributed by atoms with Crippen LogP contribution in [0.1, 0.15) is 36.9 Å². The fourth-order valence-corrected chi connectivity index (χ4v) is 4.52. The molecule has 0 fully saturated rings. The standard InChI is InChI=1S/C26H26ClN5/c1-2-22(28)25-20-11-6-16(19-4-3-5-24-26(19)31-15-30-24)14-21(20)23(12-13-29-25)32-18-9-7-17(27)8-10-18/h3-11,14-15,23,29,32H,2,12-13,28H2,1H3,(H,30,31)/b25-22-. The van der Waals surface area contributed by atoms with E-state index in [2.05, 4.69) is 57.9 Å². The third-order valence-corrected chi connectivity index (χ3v) is 6.33. The number of imidazole rings is 1. The Hall–Kier alpha value is -3.44. The van der Waals surface area contributed by atoms with Crippen LogP contribution in [0.25, 0.3) is 27.9 Å². The molecule has 5 rings (SSSR count). The maximum atomic E-state index is 6.42. The van der Waals surface area contributed by atoms with Gasteiger partial charge in [-0.1, -0.05) is 42.8 Å². The summed E-state index contributed by atoms with van der Waals surface area (Å²) < 4.78 is 0. The van der Waals surface area contributed by atoms with E-state index in [0.29, 0.717) is 0 Å². The van der Waals surface area contributed by atoms with E-state index in [1.54, 1.807) is 6.33 Å². The molecule has 1 aliphatic rings. The van der Waals surface area contributed by atoms with Gasteiger partial charge < -0.3 is 21.4 Å². The Morgan fingerprint density at radius 1 is 1.12 bits per heavy atom. The van der Waals surface area contributed by atoms with Crippen LogP contribution >= 0.6 is 11.6 Å². The minimum Gasteiger partial charge on any atom is -0.400 e. The first-order valence-electron chi connectivity index (χ1n) is 11.0. The Morgan fingerprint density at radius 2 is 1.97 bits per heavy atom. The summed E-state index contributed by atoms with van der Waals surface area (Å²) in [5.41, 5.74) is 16.0. The largest absolute Gasteiger partial charge is 0.400 e. The molecule has 0 bridgehead atoms. The predicted molar refractivity (Wildman–Crippen MR) is 133 cm³/mol. The number of H-pyrrole nitrogens is 1. The maximum Gasteiger partial charge on any atom is 0.0960 e. The molecular weight excluding hydrogens is 418 g/mol. The van der Waals surface area contributed by atoms with Gasteiger partial charge in [-0.05, 0) is 60.4 Å². The molecular formula is C26H26ClN5. The number of halogens is 1. The normalized spacial score (nSPS) is 17.4. The summed E-state index contributed by atoms with van der Waals surface area (Å²) in [5, 5.41) is 8.01. The van der Waals surface area contributed by atoms with E-state index in [-0.39, 0.29) is 6.04 Å². The van der Waals surface area contributed by atoms with Crippen molar-refractivity contribution in [2.45, 2.75) is 25.8 Å². The lowest BCUT2D eigenvalue weighted by atomic mass is 9.92. The summed E-state index contributed by atoms with van der Waals surface area (Å²) in [5.74, 6) is 0. The maximum absolute atomic E-state index is 6.42. The van der Waals surface area contributed by atoms with Gasteiger partial charge in [0.05, 0.1) is 29.1 Å². The van der Waals surface area contributed by atoms with E-state index >= 15 is 0 Å². The number of nitrogens with two attached hydrogens (primary N) is 1. The molecule has 4 aromatic rings. The number of aromatic amines is 1. The first-order valence-corrected chi connectivity index (χ1v) is 11.3. The second-order valence-corrected chi connectivity index (χ2v) is 8.52. The van der Waals surface area contributed by atoms with E-state index < -0.39 is 0 Å². The molecule has 1 unspecified atom stereocenters. The van der Waals surface area contributed by atoms with Gasteiger partial charge in [-0.2, -0.15) is 0 Å². The van der Waals surface area contributed by atoms with Gasteiger partial charge >= 0.3 is 0 Å². The van der Waals surface area contributed by atoms with Gasteiger partial charge in [0.15, 0.2) is 0 Å². The zero-order chi connectivity index (χ0) is 22.1. The minimum absolute atomic E-state index is 0.124. The lowest BCUT2D eigenvalue weighted by Gasteiger charge is -2.22. The van der Waals surface area contributed by atoms with Crippen LogP contribution in [0.3, 0.4) is 0 Å². The molecule has 5 N–H and O–H groups in total. The Balaban J connectivity index is 1.64. The van der Waals surface area contributed by atoms with Crippen molar-refractivity contribution in [3.8, 4) is 11.1 Å². The first-order chi connectivity index (χ1) is 15.6. The molecule has 0 radical (unpaired) electrons. The van der Waals surface area contributed by atoms with Crippen molar-refractivity contribution in [1.82, 2.24) is 15.3 Å². The van der Waals surface area contributed by atoms with E-state index in [0.717, 1.165) is 69.2 Å². The van der Waals surface area contributed by atoms with Gasteiger partial charge in [-0.15, -0.1) is 0 Å². The number of nitrogens with zero attached hydrogens (tertiary/aromatic N) is 1. The SMILES string of the molecule is CC/C(N)=C1/NCCC(Nc2ccc(Cl)cc2)c2cc(-c3cccc4[nH]cnc34)ccc21. The average Bonchev–Trinajstić information content (AvgIpc) is 3.24. The average molecular weight is 444 g/mol. The van der Waals surface area contributed by atoms with Crippen LogP contribution in [0.2, 0.25) is 5.02 Å². The molecule has 0 amide bonds. The molecule has 162 valence electrons. The number of rotatable bonds is 4. The van der Waals surface area contributed by atoms with Crippen molar-refractivity contribution in [2.75, 3.05) is 11.9 Å². The fourth-order valence-electron chi connectivity index (χ4n) is 4.40. The quantitative estimate of drug-likeness (QED) is 0.309. The summed E-state index contributed by atoms with van der Waals surface area (Å²) in [4.78, 5) is 7.76. The third-order valence-electron chi connectivity index (χ3n) is 6.08. The molecule has 0 saturated heterocycles. The van der Waals surface area contributed by atoms with Crippen LogP contribution in [-0.2, 0) is 0 Å². The zero-order valence-electron chi connectivity index (χ0n) is 18.0. The van der Waals surface area contributed by atoms with Crippen LogP contribution in [-0.4, -0.2) is 16.5 Å². The van der Waals surface area contributed by atoms with E-state index in [1.807, 2.05) is 30.3 Å². The van der Waals surface area contributed by atoms with Crippen molar-refractivity contribution in [2.24, 2.45) is 5.73 Å². The molecule has 5 nitrogen and oxygen atoms in total. The number of nitrogens with one attached hydrogen (secondary N) is 3. The van der Waals surface area contributed by atoms with Gasteiger partial charge in [-0.25, -0.2) is 4.98 Å². The summed E-state index contributed by atoms with van der Waals surface area (Å²) in [6.45, 7) is 2.92. The smallest absolute Gasteiger partial charge is 0.0960 e. The number of fused-ring (bicyclic) bond motifs is 2. The van der Waals surface area contributed by atoms with Crippen molar-refractivity contribution >= 4 is 34.0 Å². The van der Waals surface area contributed by atoms with Crippen LogP contribution in [0.4, 0.5) is 5.69 Å². The molecule has 0 aliphatic carbocycles. The lowest BCUT2D eigenvalue weighted by molar-refractivity contribution is 0.682. The highest BCUT2D eigenvalue weighted by atomic mass is 35.5. The second-order valence-electron chi connectivity index (χ2n) is 8.08. The molecule has 1 aromatic heterocycles. The van der Waals surface area contributed by atoms with E-state index in [9.17, 15) is 0 Å². The lowest BCUT2D eigenvalue weighted by Crippen LogP contribution is -2.17. The first kappa shape index (κ1) is 20.5. The number of aromatic nitrogens is 2. The summed E-state index contributed by atoms with van der Waals surface area (Å²) >= 11 is 6.09. The topological polar surface area (TPSA) is 78.8 Å². The van der Waals surface area contributed by atoms with Gasteiger partial charge in [-0.3, -0.25) is 0 Å². The van der Waals surface area contributed by atoms with Gasteiger partial charge in [0.2, 0.25) is 0 Å². The second kappa shape index (κ2) is 8.60. The Morgan fingerprint density at radius 3 is 2.78 bits per heavy atom. The number of benzene rings is 3. The number of allylic oxidation sites excluding steroid dienone is 1. The molecule has 0 spiro atoms. The monoisotopic (exact) mass is 443 g/mol. The highest BCUT2D eigenvalue weighted by molar-refractivity contribution is 6.30. The minimum atomic E-state index is 0.124. The Labute approximate surface area is 192 Å². The molecule has 6 heteroatoms. The van der Waals surface area contributed by atoms with E-state index in [4.69, 9.17) is 17.3 Å². The predicted octanol–water partition coefficient (Wildman–Crippen LogP) is 6.07. The van der Waals surface area contributed by atoms with Crippen LogP contribution in [0.15, 0.2) is 72.7 Å². The molecule has 0 saturated carbocycles. The van der Waals surface area contributed by atoms with Gasteiger partial charge in [0.1, 0.15) is 0 Å². The van der Waals surface area contributed by atoms with Crippen LogP contribution in [0.5, 0.6) is 0 Å². The molecule has 32 heavy (non-hydrogen) atoms. The van der Waals surface area contributed by atoms with Crippen molar-refractivity contribution in [3.63, 3.8) is 0 Å². The highest BCUT2D eigenvalue weighted by Crippen LogP contribution is 2.37. The molecule has 1 atom stereocenters. The zero-order valence-corrected chi connectivity index (χ0v) is 18.7. The van der Waals surface area contributed by atoms with Crippen molar-refractivity contribution in [1.29, 1.82) is 0 Å². The molecule has 3 aromatic carbocycles. The van der Waals surface area contributed by atoms with Gasteiger partial charge in [0, 0.05) is 34.1 Å². The highest BCUT2D eigenvalue weighted by Gasteiger charge is 2.23. The third kappa shape index (κ3) is 3.80. The van der Waals surface area contributed by atoms with Crippen molar-refractivity contribution in [3.05, 3.63) is 88.8 Å². The summed E-state index contributed by atoms with van der Waals surface area (Å²) in [6.07, 6.45) is 3.47. The van der Waals surface area contributed by atoms with Crippen LogP contribution < -0.4 is 16.4 Å². The number of para-hydroxylation sites is 1. The fraction of sp³-hybridized carbons (Fsp3) is 0.192. The number of anilines is 1.